The molecule has 1 aliphatic rings. The number of ether oxygens (including phenoxy) is 1. The Labute approximate surface area is 160 Å². The predicted octanol–water partition coefficient (Wildman–Crippen LogP) is 1.95. The summed E-state index contributed by atoms with van der Waals surface area (Å²) in [4.78, 5) is 18.6. The highest BCUT2D eigenvalue weighted by atomic mass is 32.2. The number of hydrogen-bond acceptors (Lipinski definition) is 6. The lowest BCUT2D eigenvalue weighted by atomic mass is 9.96. The number of anilines is 1. The molecule has 1 amide bonds. The summed E-state index contributed by atoms with van der Waals surface area (Å²) in [6.07, 6.45) is 0.333. The van der Waals surface area contributed by atoms with Crippen LogP contribution in [0.2, 0.25) is 0 Å². The smallest absolute Gasteiger partial charge is 0.399 e. The van der Waals surface area contributed by atoms with Crippen molar-refractivity contribution in [1.82, 2.24) is 4.90 Å². The molecular formula is C16H20F3N3O5S. The number of piperidine rings is 1. The standard InChI is InChI=1S/C16H20F3N3O5S/c1-26-10-11-7-14(20-27-2)15(23)22(8-11)9-12-5-3-4-6-13(12)21-28(24,25)16(17,18)19/h3-6,11,21H,7-10H2,1-2H3/b20-14+. The third-order valence-corrected chi connectivity index (χ3v) is 5.12. The molecule has 1 heterocycles. The van der Waals surface area contributed by atoms with Crippen LogP contribution in [0.5, 0.6) is 0 Å². The number of carbonyl (C=O) groups excluding carboxylic acids is 1. The minimum atomic E-state index is -5.58. The van der Waals surface area contributed by atoms with Gasteiger partial charge in [-0.3, -0.25) is 9.52 Å². The van der Waals surface area contributed by atoms with Crippen molar-refractivity contribution in [1.29, 1.82) is 0 Å². The Kier molecular flexibility index (Phi) is 6.88. The Bertz CT molecular complexity index is 842. The Morgan fingerprint density at radius 1 is 1.29 bits per heavy atom. The van der Waals surface area contributed by atoms with E-state index in [1.807, 2.05) is 0 Å². The van der Waals surface area contributed by atoms with Gasteiger partial charge < -0.3 is 14.5 Å². The fraction of sp³-hybridized carbons (Fsp3) is 0.500. The van der Waals surface area contributed by atoms with Crippen LogP contribution in [0.1, 0.15) is 12.0 Å². The van der Waals surface area contributed by atoms with Gasteiger partial charge in [-0.05, 0) is 11.6 Å². The molecule has 1 aliphatic heterocycles. The number of rotatable bonds is 7. The lowest BCUT2D eigenvalue weighted by molar-refractivity contribution is -0.127. The average molecular weight is 423 g/mol. The summed E-state index contributed by atoms with van der Waals surface area (Å²) >= 11 is 0. The van der Waals surface area contributed by atoms with Gasteiger partial charge in [-0.2, -0.15) is 21.6 Å². The summed E-state index contributed by atoms with van der Waals surface area (Å²) in [5.41, 5.74) is -5.35. The second-order valence-electron chi connectivity index (χ2n) is 6.14. The van der Waals surface area contributed by atoms with Crippen molar-refractivity contribution in [2.24, 2.45) is 11.1 Å². The third-order valence-electron chi connectivity index (χ3n) is 4.03. The molecule has 28 heavy (non-hydrogen) atoms. The van der Waals surface area contributed by atoms with Crippen molar-refractivity contribution >= 4 is 27.3 Å². The van der Waals surface area contributed by atoms with Gasteiger partial charge >= 0.3 is 15.5 Å². The molecule has 0 radical (unpaired) electrons. The van der Waals surface area contributed by atoms with Crippen LogP contribution in [-0.4, -0.2) is 57.8 Å². The molecule has 1 fully saturated rings. The van der Waals surface area contributed by atoms with Crippen LogP contribution >= 0.6 is 0 Å². The number of oxime groups is 1. The van der Waals surface area contributed by atoms with E-state index in [-0.39, 0.29) is 36.0 Å². The van der Waals surface area contributed by atoms with E-state index in [4.69, 9.17) is 4.74 Å². The van der Waals surface area contributed by atoms with Crippen LogP contribution in [0.4, 0.5) is 18.9 Å². The molecule has 1 atom stereocenters. The summed E-state index contributed by atoms with van der Waals surface area (Å²) in [5.74, 6) is -0.529. The van der Waals surface area contributed by atoms with Crippen molar-refractivity contribution in [2.75, 3.05) is 32.1 Å². The minimum absolute atomic E-state index is 0.0874. The highest BCUT2D eigenvalue weighted by molar-refractivity contribution is 7.93. The summed E-state index contributed by atoms with van der Waals surface area (Å²) in [5, 5.41) is 3.71. The van der Waals surface area contributed by atoms with Gasteiger partial charge in [-0.15, -0.1) is 0 Å². The zero-order valence-corrected chi connectivity index (χ0v) is 16.0. The zero-order valence-electron chi connectivity index (χ0n) is 15.2. The maximum Gasteiger partial charge on any atom is 0.516 e. The molecule has 8 nitrogen and oxygen atoms in total. The maximum atomic E-state index is 12.7. The van der Waals surface area contributed by atoms with E-state index in [0.717, 1.165) is 0 Å². The van der Waals surface area contributed by atoms with Crippen LogP contribution in [0, 0.1) is 5.92 Å². The molecule has 156 valence electrons. The van der Waals surface area contributed by atoms with Gasteiger partial charge in [0.15, 0.2) is 0 Å². The number of benzene rings is 1. The molecule has 0 spiro atoms. The van der Waals surface area contributed by atoms with Crippen LogP contribution in [0.3, 0.4) is 0 Å². The first kappa shape index (κ1) is 22.0. The molecule has 1 aromatic rings. The lowest BCUT2D eigenvalue weighted by Gasteiger charge is -2.33. The van der Waals surface area contributed by atoms with Gasteiger partial charge in [-0.25, -0.2) is 0 Å². The first-order chi connectivity index (χ1) is 13.1. The number of halogens is 3. The fourth-order valence-corrected chi connectivity index (χ4v) is 3.44. The number of hydrogen-bond donors (Lipinski definition) is 1. The molecule has 0 aromatic heterocycles. The predicted molar refractivity (Wildman–Crippen MR) is 94.9 cm³/mol. The molecule has 1 unspecified atom stereocenters. The molecule has 0 saturated carbocycles. The van der Waals surface area contributed by atoms with E-state index in [0.29, 0.717) is 13.0 Å². The fourth-order valence-electron chi connectivity index (χ4n) is 2.84. The monoisotopic (exact) mass is 423 g/mol. The number of para-hydroxylation sites is 1. The topological polar surface area (TPSA) is 97.3 Å². The molecular weight excluding hydrogens is 403 g/mol. The van der Waals surface area contributed by atoms with Crippen molar-refractivity contribution in [2.45, 2.75) is 18.5 Å². The molecule has 2 rings (SSSR count). The van der Waals surface area contributed by atoms with Crippen molar-refractivity contribution in [3.8, 4) is 0 Å². The van der Waals surface area contributed by atoms with Crippen LogP contribution in [0.25, 0.3) is 0 Å². The van der Waals surface area contributed by atoms with E-state index in [2.05, 4.69) is 9.99 Å². The normalized spacial score (nSPS) is 19.8. The lowest BCUT2D eigenvalue weighted by Crippen LogP contribution is -2.46. The van der Waals surface area contributed by atoms with E-state index in [1.165, 1.54) is 48.1 Å². The Morgan fingerprint density at radius 2 is 1.96 bits per heavy atom. The number of carbonyl (C=O) groups is 1. The number of nitrogens with one attached hydrogen (secondary N) is 1. The van der Waals surface area contributed by atoms with Gasteiger partial charge in [0.05, 0.1) is 12.3 Å². The summed E-state index contributed by atoms with van der Waals surface area (Å²) in [6, 6.07) is 5.56. The van der Waals surface area contributed by atoms with Crippen molar-refractivity contribution in [3.63, 3.8) is 0 Å². The Hall–Kier alpha value is -2.34. The SMILES string of the molecule is COCC1C/C(=N\OC)C(=O)N(Cc2ccccc2NS(=O)(=O)C(F)(F)F)C1. The molecule has 0 aliphatic carbocycles. The maximum absolute atomic E-state index is 12.7. The highest BCUT2D eigenvalue weighted by Gasteiger charge is 2.46. The number of methoxy groups -OCH3 is 1. The van der Waals surface area contributed by atoms with Crippen molar-refractivity contribution < 1.29 is 36.0 Å². The first-order valence-corrected chi connectivity index (χ1v) is 9.62. The molecule has 1 N–H and O–H groups in total. The summed E-state index contributed by atoms with van der Waals surface area (Å²) in [7, 11) is -2.78. The zero-order chi connectivity index (χ0) is 20.9. The quantitative estimate of drug-likeness (QED) is 0.676. The third kappa shape index (κ3) is 5.13. The first-order valence-electron chi connectivity index (χ1n) is 8.14. The van der Waals surface area contributed by atoms with Gasteiger partial charge in [0.25, 0.3) is 5.91 Å². The highest BCUT2D eigenvalue weighted by Crippen LogP contribution is 2.28. The number of sulfonamides is 1. The van der Waals surface area contributed by atoms with E-state index < -0.39 is 21.4 Å². The summed E-state index contributed by atoms with van der Waals surface area (Å²) in [6.45, 7) is 0.503. The van der Waals surface area contributed by atoms with E-state index in [9.17, 15) is 26.4 Å². The largest absolute Gasteiger partial charge is 0.516 e. The average Bonchev–Trinajstić information content (AvgIpc) is 2.60. The summed E-state index contributed by atoms with van der Waals surface area (Å²) < 4.78 is 67.6. The molecule has 1 saturated heterocycles. The molecule has 12 heteroatoms. The number of alkyl halides is 3. The number of likely N-dealkylation sites (tertiary alicyclic amines) is 1. The van der Waals surface area contributed by atoms with Crippen LogP contribution in [-0.2, 0) is 30.9 Å². The van der Waals surface area contributed by atoms with Crippen LogP contribution in [0.15, 0.2) is 29.4 Å². The Morgan fingerprint density at radius 3 is 2.57 bits per heavy atom. The van der Waals surface area contributed by atoms with Gasteiger partial charge in [0, 0.05) is 32.5 Å². The number of amides is 1. The van der Waals surface area contributed by atoms with E-state index in [1.54, 1.807) is 0 Å². The minimum Gasteiger partial charge on any atom is -0.399 e. The second kappa shape index (κ2) is 8.78. The number of nitrogens with zero attached hydrogens (tertiary/aromatic N) is 2. The van der Waals surface area contributed by atoms with Gasteiger partial charge in [-0.1, -0.05) is 23.4 Å². The second-order valence-corrected chi connectivity index (χ2v) is 7.81. The van der Waals surface area contributed by atoms with Gasteiger partial charge in [0.2, 0.25) is 0 Å². The molecule has 0 bridgehead atoms. The van der Waals surface area contributed by atoms with Crippen LogP contribution < -0.4 is 4.72 Å². The molecule has 1 aromatic carbocycles. The van der Waals surface area contributed by atoms with Crippen molar-refractivity contribution in [3.05, 3.63) is 29.8 Å². The van der Waals surface area contributed by atoms with Gasteiger partial charge in [0.1, 0.15) is 12.8 Å². The van der Waals surface area contributed by atoms with E-state index >= 15 is 0 Å². The Balaban J connectivity index is 2.29.